The number of benzene rings is 2. The number of aromatic nitrogens is 3. The van der Waals surface area contributed by atoms with E-state index in [1.54, 1.807) is 24.5 Å². The molecule has 0 atom stereocenters. The van der Waals surface area contributed by atoms with Crippen molar-refractivity contribution in [3.8, 4) is 11.4 Å². The molecule has 6 nitrogen and oxygen atoms in total. The second-order valence-electron chi connectivity index (χ2n) is 6.02. The minimum atomic E-state index is -2.92. The number of aryl methyl sites for hydroxylation is 1. The molecule has 1 N–H and O–H groups in total. The van der Waals surface area contributed by atoms with Crippen molar-refractivity contribution in [3.05, 3.63) is 66.0 Å². The van der Waals surface area contributed by atoms with Crippen LogP contribution in [0, 0.1) is 0 Å². The van der Waals surface area contributed by atoms with E-state index in [9.17, 15) is 13.6 Å². The third kappa shape index (κ3) is 5.54. The Hall–Kier alpha value is -2.94. The zero-order chi connectivity index (χ0) is 20.6. The molecule has 0 radical (unpaired) electrons. The van der Waals surface area contributed by atoms with E-state index >= 15 is 0 Å². The Bertz CT molecular complexity index is 965. The highest BCUT2D eigenvalue weighted by Crippen LogP contribution is 2.23. The fourth-order valence-electron chi connectivity index (χ4n) is 2.77. The van der Waals surface area contributed by atoms with Crippen molar-refractivity contribution in [1.29, 1.82) is 0 Å². The third-order valence-corrected chi connectivity index (χ3v) is 5.09. The number of carbonyl (C=O) groups is 1. The molecular weight excluding hydrogens is 398 g/mol. The second kappa shape index (κ2) is 10.0. The lowest BCUT2D eigenvalue weighted by Crippen LogP contribution is -2.25. The first-order valence-electron chi connectivity index (χ1n) is 8.99. The molecule has 1 heterocycles. The molecule has 3 rings (SSSR count). The minimum Gasteiger partial charge on any atom is -0.434 e. The Morgan fingerprint density at radius 2 is 1.90 bits per heavy atom. The molecule has 0 fully saturated rings. The van der Waals surface area contributed by atoms with E-state index in [2.05, 4.69) is 27.2 Å². The number of amides is 1. The highest BCUT2D eigenvalue weighted by atomic mass is 32.2. The first-order valence-corrected chi connectivity index (χ1v) is 9.97. The monoisotopic (exact) mass is 418 g/mol. The number of hydrogen-bond donors (Lipinski definition) is 1. The highest BCUT2D eigenvalue weighted by molar-refractivity contribution is 7.99. The van der Waals surface area contributed by atoms with E-state index in [4.69, 9.17) is 0 Å². The molecule has 29 heavy (non-hydrogen) atoms. The summed E-state index contributed by atoms with van der Waals surface area (Å²) in [5.41, 5.74) is 2.60. The van der Waals surface area contributed by atoms with Crippen molar-refractivity contribution in [2.45, 2.75) is 31.7 Å². The molecule has 0 spiro atoms. The number of ether oxygens (including phenoxy) is 1. The predicted molar refractivity (Wildman–Crippen MR) is 106 cm³/mol. The summed E-state index contributed by atoms with van der Waals surface area (Å²) >= 11 is 1.25. The molecule has 3 aromatic rings. The number of nitrogens with zero attached hydrogens (tertiary/aromatic N) is 3. The van der Waals surface area contributed by atoms with Gasteiger partial charge in [-0.05, 0) is 24.1 Å². The number of nitrogens with one attached hydrogen (secondary N) is 1. The van der Waals surface area contributed by atoms with Crippen LogP contribution in [-0.4, -0.2) is 33.0 Å². The molecule has 0 bridgehead atoms. The smallest absolute Gasteiger partial charge is 0.387 e. The van der Waals surface area contributed by atoms with Gasteiger partial charge in [-0.3, -0.25) is 9.36 Å². The van der Waals surface area contributed by atoms with Crippen LogP contribution >= 0.6 is 11.8 Å². The molecule has 1 aromatic heterocycles. The van der Waals surface area contributed by atoms with Crippen molar-refractivity contribution in [3.63, 3.8) is 0 Å². The Kier molecular flexibility index (Phi) is 7.18. The lowest BCUT2D eigenvalue weighted by molar-refractivity contribution is -0.118. The van der Waals surface area contributed by atoms with Crippen LogP contribution in [0.5, 0.6) is 5.75 Å². The summed E-state index contributed by atoms with van der Waals surface area (Å²) < 4.78 is 31.3. The summed E-state index contributed by atoms with van der Waals surface area (Å²) in [5, 5.41) is 11.4. The summed E-state index contributed by atoms with van der Waals surface area (Å²) in [6, 6.07) is 14.3. The molecule has 2 aromatic carbocycles. The molecule has 9 heteroatoms. The maximum absolute atomic E-state index is 12.5. The first-order chi connectivity index (χ1) is 14.1. The van der Waals surface area contributed by atoms with Crippen LogP contribution in [0.2, 0.25) is 0 Å². The van der Waals surface area contributed by atoms with Gasteiger partial charge in [-0.25, -0.2) is 0 Å². The zero-order valence-electron chi connectivity index (χ0n) is 15.7. The molecule has 0 saturated heterocycles. The van der Waals surface area contributed by atoms with E-state index in [1.807, 2.05) is 28.8 Å². The number of rotatable bonds is 9. The Morgan fingerprint density at radius 3 is 2.66 bits per heavy atom. The summed E-state index contributed by atoms with van der Waals surface area (Å²) in [5.74, 6) is -0.0863. The van der Waals surface area contributed by atoms with Gasteiger partial charge >= 0.3 is 6.61 Å². The van der Waals surface area contributed by atoms with Crippen molar-refractivity contribution in [2.75, 3.05) is 5.75 Å². The summed E-state index contributed by atoms with van der Waals surface area (Å²) in [6.07, 6.45) is 2.48. The first kappa shape index (κ1) is 20.8. The molecule has 0 saturated carbocycles. The van der Waals surface area contributed by atoms with Gasteiger partial charge in [0.05, 0.1) is 11.4 Å². The summed E-state index contributed by atoms with van der Waals surface area (Å²) in [7, 11) is 0. The lowest BCUT2D eigenvalue weighted by atomic mass is 10.1. The van der Waals surface area contributed by atoms with Crippen molar-refractivity contribution >= 4 is 17.7 Å². The van der Waals surface area contributed by atoms with E-state index in [1.165, 1.54) is 17.8 Å². The number of alkyl halides is 2. The summed E-state index contributed by atoms with van der Waals surface area (Å²) in [4.78, 5) is 12.2. The van der Waals surface area contributed by atoms with Crippen molar-refractivity contribution in [2.24, 2.45) is 0 Å². The average Bonchev–Trinajstić information content (AvgIpc) is 3.19. The van der Waals surface area contributed by atoms with Crippen LogP contribution in [-0.2, 0) is 17.8 Å². The van der Waals surface area contributed by atoms with Gasteiger partial charge in [-0.15, -0.1) is 10.2 Å². The number of thioether (sulfide) groups is 1. The average molecular weight is 418 g/mol. The second-order valence-corrected chi connectivity index (χ2v) is 6.96. The van der Waals surface area contributed by atoms with Crippen LogP contribution in [0.1, 0.15) is 18.1 Å². The van der Waals surface area contributed by atoms with Crippen LogP contribution in [0.25, 0.3) is 5.69 Å². The maximum Gasteiger partial charge on any atom is 0.387 e. The molecule has 1 amide bonds. The fraction of sp³-hybridized carbons (Fsp3) is 0.250. The molecule has 0 unspecified atom stereocenters. The normalized spacial score (nSPS) is 10.9. The van der Waals surface area contributed by atoms with Gasteiger partial charge in [0.25, 0.3) is 0 Å². The predicted octanol–water partition coefficient (Wildman–Crippen LogP) is 3.84. The molecular formula is C20H20F2N4O2S. The van der Waals surface area contributed by atoms with Gasteiger partial charge < -0.3 is 10.1 Å². The van der Waals surface area contributed by atoms with E-state index in [-0.39, 0.29) is 24.0 Å². The van der Waals surface area contributed by atoms with Gasteiger partial charge in [0.15, 0.2) is 5.16 Å². The zero-order valence-corrected chi connectivity index (χ0v) is 16.5. The standard InChI is InChI=1S/C20H20F2N4O2S/c1-2-14-7-3-5-9-16(14)26-13-24-25-20(26)29-12-18(27)23-11-15-8-4-6-10-17(15)28-19(21)22/h3-10,13,19H,2,11-12H2,1H3,(H,23,27). The molecule has 0 aliphatic carbocycles. The van der Waals surface area contributed by atoms with Gasteiger partial charge in [0, 0.05) is 12.1 Å². The van der Waals surface area contributed by atoms with Crippen LogP contribution in [0.3, 0.4) is 0 Å². The molecule has 152 valence electrons. The van der Waals surface area contributed by atoms with E-state index in [0.717, 1.165) is 17.7 Å². The third-order valence-electron chi connectivity index (χ3n) is 4.15. The largest absolute Gasteiger partial charge is 0.434 e. The van der Waals surface area contributed by atoms with Crippen molar-refractivity contribution in [1.82, 2.24) is 20.1 Å². The number of para-hydroxylation sites is 2. The number of hydrogen-bond acceptors (Lipinski definition) is 5. The van der Waals surface area contributed by atoms with Crippen LogP contribution < -0.4 is 10.1 Å². The Morgan fingerprint density at radius 1 is 1.17 bits per heavy atom. The topological polar surface area (TPSA) is 69.0 Å². The van der Waals surface area contributed by atoms with Crippen molar-refractivity contribution < 1.29 is 18.3 Å². The highest BCUT2D eigenvalue weighted by Gasteiger charge is 2.13. The Balaban J connectivity index is 1.60. The summed E-state index contributed by atoms with van der Waals surface area (Å²) in [6.45, 7) is -0.757. The van der Waals surface area contributed by atoms with Gasteiger partial charge in [0.2, 0.25) is 5.91 Å². The Labute approximate surface area is 171 Å². The fourth-order valence-corrected chi connectivity index (χ4v) is 3.52. The van der Waals surface area contributed by atoms with Gasteiger partial charge in [-0.2, -0.15) is 8.78 Å². The quantitative estimate of drug-likeness (QED) is 0.535. The van der Waals surface area contributed by atoms with E-state index < -0.39 is 6.61 Å². The van der Waals surface area contributed by atoms with Gasteiger partial charge in [-0.1, -0.05) is 55.1 Å². The van der Waals surface area contributed by atoms with E-state index in [0.29, 0.717) is 10.7 Å². The van der Waals surface area contributed by atoms with Crippen LogP contribution in [0.15, 0.2) is 60.0 Å². The SMILES string of the molecule is CCc1ccccc1-n1cnnc1SCC(=O)NCc1ccccc1OC(F)F. The minimum absolute atomic E-state index is 0.0476. The lowest BCUT2D eigenvalue weighted by Gasteiger charge is -2.12. The van der Waals surface area contributed by atoms with Gasteiger partial charge in [0.1, 0.15) is 12.1 Å². The molecule has 0 aliphatic heterocycles. The maximum atomic E-state index is 12.5. The number of halogens is 2. The molecule has 0 aliphatic rings. The van der Waals surface area contributed by atoms with Crippen LogP contribution in [0.4, 0.5) is 8.78 Å². The number of carbonyl (C=O) groups excluding carboxylic acids is 1.